The number of alkyl halides is 1. The van der Waals surface area contributed by atoms with Crippen LogP contribution < -0.4 is 5.32 Å². The highest BCUT2D eigenvalue weighted by molar-refractivity contribution is 9.09. The molecule has 0 radical (unpaired) electrons. The van der Waals surface area contributed by atoms with Crippen molar-refractivity contribution < 1.29 is 9.72 Å². The molecule has 0 heterocycles. The van der Waals surface area contributed by atoms with Crippen LogP contribution in [0.5, 0.6) is 0 Å². The zero-order chi connectivity index (χ0) is 28.0. The van der Waals surface area contributed by atoms with Crippen molar-refractivity contribution in [2.45, 2.75) is 58.8 Å². The van der Waals surface area contributed by atoms with E-state index in [9.17, 15) is 14.9 Å². The summed E-state index contributed by atoms with van der Waals surface area (Å²) in [4.78, 5) is 24.2. The van der Waals surface area contributed by atoms with Gasteiger partial charge in [0.1, 0.15) is 0 Å². The lowest BCUT2D eigenvalue weighted by Gasteiger charge is -2.11. The van der Waals surface area contributed by atoms with Gasteiger partial charge in [0.2, 0.25) is 5.91 Å². The quantitative estimate of drug-likeness (QED) is 0.0860. The van der Waals surface area contributed by atoms with Gasteiger partial charge in [-0.15, -0.1) is 0 Å². The molecule has 0 saturated heterocycles. The number of unbranched alkanes of at least 4 members (excludes halogenated alkanes) is 5. The van der Waals surface area contributed by atoms with Crippen LogP contribution >= 0.6 is 15.9 Å². The first kappa shape index (κ1) is 29.7. The standard InChI is InChI=1S/C33H33BrN2O3/c1-25-10-14-27(15-11-25)18-20-29-23-31(36(38)39)24-30(21-19-28-16-12-26(2)13-17-28)33(29)35-32(37)9-7-5-3-4-6-8-22-34/h10-17,23-24H,3-9,22H2,1-2H3,(H,35,37). The molecule has 0 spiro atoms. The highest BCUT2D eigenvalue weighted by Gasteiger charge is 2.17. The Morgan fingerprint density at radius 3 is 1.69 bits per heavy atom. The maximum absolute atomic E-state index is 12.9. The second-order valence-electron chi connectivity index (χ2n) is 9.51. The minimum absolute atomic E-state index is 0.127. The zero-order valence-electron chi connectivity index (χ0n) is 22.5. The summed E-state index contributed by atoms with van der Waals surface area (Å²) in [5, 5.41) is 15.7. The third-order valence-electron chi connectivity index (χ3n) is 6.17. The fourth-order valence-corrected chi connectivity index (χ4v) is 4.30. The average molecular weight is 586 g/mol. The average Bonchev–Trinajstić information content (AvgIpc) is 2.92. The SMILES string of the molecule is Cc1ccc(C#Cc2cc([N+](=O)[O-])cc(C#Cc3ccc(C)cc3)c2NC(=O)CCCCCCCCBr)cc1. The third-order valence-corrected chi connectivity index (χ3v) is 6.73. The Kier molecular flexibility index (Phi) is 11.8. The fourth-order valence-electron chi connectivity index (χ4n) is 3.91. The van der Waals surface area contributed by atoms with Crippen molar-refractivity contribution in [1.29, 1.82) is 0 Å². The van der Waals surface area contributed by atoms with E-state index in [4.69, 9.17) is 0 Å². The first-order valence-corrected chi connectivity index (χ1v) is 14.3. The summed E-state index contributed by atoms with van der Waals surface area (Å²) in [5.41, 5.74) is 4.77. The topological polar surface area (TPSA) is 72.2 Å². The smallest absolute Gasteiger partial charge is 0.272 e. The van der Waals surface area contributed by atoms with Crippen LogP contribution in [0.15, 0.2) is 60.7 Å². The number of non-ortho nitro benzene ring substituents is 1. The molecule has 1 N–H and O–H groups in total. The van der Waals surface area contributed by atoms with Gasteiger partial charge >= 0.3 is 0 Å². The van der Waals surface area contributed by atoms with Crippen LogP contribution in [-0.4, -0.2) is 16.2 Å². The number of hydrogen-bond acceptors (Lipinski definition) is 3. The Morgan fingerprint density at radius 1 is 0.769 bits per heavy atom. The maximum Gasteiger partial charge on any atom is 0.272 e. The number of benzene rings is 3. The number of amides is 1. The molecule has 0 aromatic heterocycles. The summed E-state index contributed by atoms with van der Waals surface area (Å²) < 4.78 is 0. The molecule has 0 aliphatic carbocycles. The molecule has 6 heteroatoms. The summed E-state index contributed by atoms with van der Waals surface area (Å²) in [7, 11) is 0. The van der Waals surface area contributed by atoms with Gasteiger partial charge in [0.05, 0.1) is 21.7 Å². The van der Waals surface area contributed by atoms with Gasteiger partial charge in [-0.05, 0) is 51.0 Å². The molecular formula is C33H33BrN2O3. The van der Waals surface area contributed by atoms with E-state index in [-0.39, 0.29) is 11.6 Å². The summed E-state index contributed by atoms with van der Waals surface area (Å²) >= 11 is 3.45. The molecule has 0 atom stereocenters. The van der Waals surface area contributed by atoms with Crippen LogP contribution in [0.3, 0.4) is 0 Å². The minimum Gasteiger partial charge on any atom is -0.324 e. The number of nitrogens with zero attached hydrogens (tertiary/aromatic N) is 1. The van der Waals surface area contributed by atoms with Crippen molar-refractivity contribution in [2.75, 3.05) is 10.6 Å². The van der Waals surface area contributed by atoms with E-state index in [1.54, 1.807) is 0 Å². The molecule has 0 aliphatic rings. The number of carbonyl (C=O) groups excluding carboxylic acids is 1. The number of anilines is 1. The number of hydrogen-bond donors (Lipinski definition) is 1. The fraction of sp³-hybridized carbons (Fsp3) is 0.303. The summed E-state index contributed by atoms with van der Waals surface area (Å²) in [6, 6.07) is 18.2. The molecule has 0 aliphatic heterocycles. The largest absolute Gasteiger partial charge is 0.324 e. The van der Waals surface area contributed by atoms with E-state index in [1.807, 2.05) is 62.4 Å². The van der Waals surface area contributed by atoms with Gasteiger partial charge in [-0.25, -0.2) is 0 Å². The number of carbonyl (C=O) groups is 1. The zero-order valence-corrected chi connectivity index (χ0v) is 24.1. The number of nitro benzene ring substituents is 1. The maximum atomic E-state index is 12.9. The molecule has 3 aromatic rings. The second-order valence-corrected chi connectivity index (χ2v) is 10.3. The van der Waals surface area contributed by atoms with E-state index in [1.165, 1.54) is 25.0 Å². The molecule has 0 unspecified atom stereocenters. The van der Waals surface area contributed by atoms with Gasteiger partial charge < -0.3 is 5.32 Å². The monoisotopic (exact) mass is 584 g/mol. The van der Waals surface area contributed by atoms with Crippen LogP contribution in [0.1, 0.15) is 78.3 Å². The summed E-state index contributed by atoms with van der Waals surface area (Å²) in [6.45, 7) is 3.99. The van der Waals surface area contributed by atoms with Crippen LogP contribution in [-0.2, 0) is 4.79 Å². The van der Waals surface area contributed by atoms with Crippen molar-refractivity contribution in [1.82, 2.24) is 0 Å². The van der Waals surface area contributed by atoms with Crippen LogP contribution in [0.25, 0.3) is 0 Å². The van der Waals surface area contributed by atoms with E-state index in [0.29, 0.717) is 23.2 Å². The third kappa shape index (κ3) is 10.1. The van der Waals surface area contributed by atoms with E-state index in [0.717, 1.165) is 53.3 Å². The molecule has 3 rings (SSSR count). The summed E-state index contributed by atoms with van der Waals surface area (Å²) in [5.74, 6) is 12.1. The molecule has 1 amide bonds. The van der Waals surface area contributed by atoms with Gasteiger partial charge in [-0.3, -0.25) is 14.9 Å². The van der Waals surface area contributed by atoms with Crippen molar-refractivity contribution >= 4 is 33.2 Å². The molecule has 0 fully saturated rings. The predicted octanol–water partition coefficient (Wildman–Crippen LogP) is 8.08. The lowest BCUT2D eigenvalue weighted by atomic mass is 10.0. The molecule has 39 heavy (non-hydrogen) atoms. The summed E-state index contributed by atoms with van der Waals surface area (Å²) in [6.07, 6.45) is 6.74. The lowest BCUT2D eigenvalue weighted by Crippen LogP contribution is -2.14. The Balaban J connectivity index is 1.93. The van der Waals surface area contributed by atoms with Gasteiger partial charge in [0.15, 0.2) is 0 Å². The van der Waals surface area contributed by atoms with Crippen molar-refractivity contribution in [2.24, 2.45) is 0 Å². The Bertz CT molecular complexity index is 1320. The Labute approximate surface area is 239 Å². The highest BCUT2D eigenvalue weighted by atomic mass is 79.9. The molecule has 200 valence electrons. The minimum atomic E-state index is -0.463. The molecular weight excluding hydrogens is 552 g/mol. The first-order chi connectivity index (χ1) is 18.9. The number of nitrogens with one attached hydrogen (secondary N) is 1. The highest BCUT2D eigenvalue weighted by Crippen LogP contribution is 2.27. The van der Waals surface area contributed by atoms with E-state index >= 15 is 0 Å². The number of aryl methyl sites for hydroxylation is 2. The van der Waals surface area contributed by atoms with Crippen molar-refractivity contribution in [3.05, 3.63) is 104 Å². The van der Waals surface area contributed by atoms with Gasteiger partial charge in [0, 0.05) is 35.0 Å². The predicted molar refractivity (Wildman–Crippen MR) is 162 cm³/mol. The van der Waals surface area contributed by atoms with E-state index < -0.39 is 4.92 Å². The molecule has 0 bridgehead atoms. The molecule has 0 saturated carbocycles. The lowest BCUT2D eigenvalue weighted by molar-refractivity contribution is -0.384. The second kappa shape index (κ2) is 15.5. The number of nitro groups is 1. The van der Waals surface area contributed by atoms with Crippen molar-refractivity contribution in [3.8, 4) is 23.7 Å². The van der Waals surface area contributed by atoms with Gasteiger partial charge in [-0.1, -0.05) is 101 Å². The number of rotatable bonds is 10. The van der Waals surface area contributed by atoms with E-state index in [2.05, 4.69) is 44.9 Å². The van der Waals surface area contributed by atoms with Crippen LogP contribution in [0.2, 0.25) is 0 Å². The van der Waals surface area contributed by atoms with Gasteiger partial charge in [-0.2, -0.15) is 0 Å². The number of halogens is 1. The van der Waals surface area contributed by atoms with Crippen LogP contribution in [0.4, 0.5) is 11.4 Å². The molecule has 3 aromatic carbocycles. The Morgan fingerprint density at radius 2 is 1.23 bits per heavy atom. The first-order valence-electron chi connectivity index (χ1n) is 13.2. The Hall–Kier alpha value is -3.87. The van der Waals surface area contributed by atoms with Crippen molar-refractivity contribution in [3.63, 3.8) is 0 Å². The normalized spacial score (nSPS) is 10.1. The molecule has 5 nitrogen and oxygen atoms in total. The van der Waals surface area contributed by atoms with Gasteiger partial charge in [0.25, 0.3) is 5.69 Å². The van der Waals surface area contributed by atoms with Crippen LogP contribution in [0, 0.1) is 47.6 Å².